The lowest BCUT2D eigenvalue weighted by molar-refractivity contribution is -0.384. The largest absolute Gasteiger partial charge is 0.339 e. The second-order valence-corrected chi connectivity index (χ2v) is 6.55. The average molecular weight is 391 g/mol. The number of hydrogen-bond donors (Lipinski definition) is 2. The minimum atomic E-state index is -1.14. The van der Waals surface area contributed by atoms with Gasteiger partial charge < -0.3 is 5.43 Å². The predicted molar refractivity (Wildman–Crippen MR) is 100 cm³/mol. The molecule has 8 nitrogen and oxygen atoms in total. The first-order valence-corrected chi connectivity index (χ1v) is 8.47. The van der Waals surface area contributed by atoms with Gasteiger partial charge in [0.1, 0.15) is 0 Å². The van der Waals surface area contributed by atoms with Crippen molar-refractivity contribution in [2.45, 2.75) is 4.84 Å². The number of hydrazine groups is 2. The molecule has 2 N–H and O–H groups in total. The molecule has 132 valence electrons. The molecular weight excluding hydrogens is 379 g/mol. The molecule has 10 heteroatoms. The van der Waals surface area contributed by atoms with Crippen molar-refractivity contribution in [1.29, 1.82) is 0 Å². The van der Waals surface area contributed by atoms with Gasteiger partial charge in [0.15, 0.2) is 10.5 Å². The Morgan fingerprint density at radius 1 is 1.08 bits per heavy atom. The van der Waals surface area contributed by atoms with Crippen LogP contribution in [0.1, 0.15) is 10.5 Å². The number of nitrogens with one attached hydrogen (secondary N) is 2. The maximum Gasteiger partial charge on any atom is 0.339 e. The van der Waals surface area contributed by atoms with Gasteiger partial charge in [-0.05, 0) is 24.3 Å². The van der Waals surface area contributed by atoms with Gasteiger partial charge in [0, 0.05) is 0 Å². The molecule has 0 fully saturated rings. The number of nitrogens with zero attached hydrogens (tertiary/aromatic N) is 4. The first-order valence-electron chi connectivity index (χ1n) is 7.59. The minimum Gasteiger partial charge on any atom is -0.301 e. The number of anilines is 3. The van der Waals surface area contributed by atoms with Crippen LogP contribution in [0.25, 0.3) is 5.69 Å². The van der Waals surface area contributed by atoms with Gasteiger partial charge in [-0.25, -0.2) is 9.69 Å². The fourth-order valence-corrected chi connectivity index (χ4v) is 3.21. The standard InChI is InChI=1S/C16H12Cl2N6O2/c17-15(18)13-14(24(25)26)16(20-22(13)10-6-2-1-3-7-10)23-12-9-5-4-8-11(12)19-21-23/h1-9,15,19,21H. The van der Waals surface area contributed by atoms with Crippen LogP contribution in [0.5, 0.6) is 0 Å². The first kappa shape index (κ1) is 16.6. The zero-order chi connectivity index (χ0) is 18.3. The Bertz CT molecular complexity index is 976. The van der Waals surface area contributed by atoms with Gasteiger partial charge in [0.2, 0.25) is 0 Å². The molecular formula is C16H12Cl2N6O2. The van der Waals surface area contributed by atoms with Crippen LogP contribution in [0.15, 0.2) is 54.6 Å². The van der Waals surface area contributed by atoms with Gasteiger partial charge >= 0.3 is 5.69 Å². The van der Waals surface area contributed by atoms with E-state index in [0.717, 1.165) is 5.69 Å². The van der Waals surface area contributed by atoms with Crippen LogP contribution in [-0.2, 0) is 0 Å². The van der Waals surface area contributed by atoms with Crippen molar-refractivity contribution in [3.63, 3.8) is 0 Å². The summed E-state index contributed by atoms with van der Waals surface area (Å²) < 4.78 is 1.39. The number of alkyl halides is 2. The summed E-state index contributed by atoms with van der Waals surface area (Å²) in [5, 5.41) is 17.7. The van der Waals surface area contributed by atoms with Gasteiger partial charge in [-0.15, -0.1) is 10.6 Å². The topological polar surface area (TPSA) is 88.3 Å². The SMILES string of the molecule is O=[N+]([O-])c1c(N2NNc3ccccc32)nn(-c2ccccc2)c1C(Cl)Cl. The molecule has 0 bridgehead atoms. The molecule has 0 spiro atoms. The zero-order valence-corrected chi connectivity index (χ0v) is 14.6. The lowest BCUT2D eigenvalue weighted by Gasteiger charge is -2.13. The summed E-state index contributed by atoms with van der Waals surface area (Å²) >= 11 is 12.1. The Kier molecular flexibility index (Phi) is 4.15. The summed E-state index contributed by atoms with van der Waals surface area (Å²) in [6.07, 6.45) is 0. The summed E-state index contributed by atoms with van der Waals surface area (Å²) in [7, 11) is 0. The molecule has 0 aliphatic carbocycles. The van der Waals surface area contributed by atoms with Crippen LogP contribution in [0.3, 0.4) is 0 Å². The van der Waals surface area contributed by atoms with E-state index in [1.54, 1.807) is 24.3 Å². The maximum absolute atomic E-state index is 11.8. The van der Waals surface area contributed by atoms with Crippen molar-refractivity contribution >= 4 is 46.1 Å². The molecule has 0 atom stereocenters. The minimum absolute atomic E-state index is 0.0811. The predicted octanol–water partition coefficient (Wildman–Crippen LogP) is 4.24. The monoisotopic (exact) mass is 390 g/mol. The second-order valence-electron chi connectivity index (χ2n) is 5.45. The smallest absolute Gasteiger partial charge is 0.301 e. The fraction of sp³-hybridized carbons (Fsp3) is 0.0625. The Balaban J connectivity index is 1.95. The molecule has 1 aliphatic rings. The molecule has 3 aromatic rings. The lowest BCUT2D eigenvalue weighted by Crippen LogP contribution is -2.32. The third-order valence-electron chi connectivity index (χ3n) is 3.93. The molecule has 0 unspecified atom stereocenters. The molecule has 0 amide bonds. The highest BCUT2D eigenvalue weighted by molar-refractivity contribution is 6.44. The lowest BCUT2D eigenvalue weighted by atomic mass is 10.2. The first-order chi connectivity index (χ1) is 12.6. The zero-order valence-electron chi connectivity index (χ0n) is 13.1. The number of aromatic nitrogens is 2. The van der Waals surface area contributed by atoms with Crippen molar-refractivity contribution in [3.05, 3.63) is 70.4 Å². The van der Waals surface area contributed by atoms with Crippen LogP contribution >= 0.6 is 23.2 Å². The van der Waals surface area contributed by atoms with Crippen LogP contribution in [0.2, 0.25) is 0 Å². The van der Waals surface area contributed by atoms with Crippen LogP contribution < -0.4 is 16.0 Å². The Morgan fingerprint density at radius 2 is 1.77 bits per heavy atom. The van der Waals surface area contributed by atoms with E-state index in [9.17, 15) is 10.1 Å². The summed E-state index contributed by atoms with van der Waals surface area (Å²) in [6.45, 7) is 0. The van der Waals surface area contributed by atoms with Crippen LogP contribution in [-0.4, -0.2) is 14.7 Å². The number of halogens is 2. The van der Waals surface area contributed by atoms with E-state index in [1.165, 1.54) is 9.69 Å². The molecule has 0 saturated heterocycles. The third-order valence-corrected chi connectivity index (χ3v) is 4.34. The van der Waals surface area contributed by atoms with E-state index >= 15 is 0 Å². The highest BCUT2D eigenvalue weighted by Crippen LogP contribution is 2.44. The Morgan fingerprint density at radius 3 is 2.46 bits per heavy atom. The molecule has 0 saturated carbocycles. The normalized spacial score (nSPS) is 13.0. The fourth-order valence-electron chi connectivity index (χ4n) is 2.82. The number of hydrogen-bond acceptors (Lipinski definition) is 6. The van der Waals surface area contributed by atoms with Crippen molar-refractivity contribution in [3.8, 4) is 5.69 Å². The van der Waals surface area contributed by atoms with Crippen LogP contribution in [0.4, 0.5) is 22.9 Å². The number of benzene rings is 2. The van der Waals surface area contributed by atoms with Gasteiger partial charge in [0.25, 0.3) is 5.82 Å². The average Bonchev–Trinajstić information content (AvgIpc) is 3.24. The van der Waals surface area contributed by atoms with E-state index in [-0.39, 0.29) is 17.2 Å². The third kappa shape index (κ3) is 2.64. The number of para-hydroxylation sites is 3. The second kappa shape index (κ2) is 6.49. The molecule has 4 rings (SSSR count). The molecule has 2 aromatic carbocycles. The number of nitro groups is 1. The Labute approximate surface area is 158 Å². The van der Waals surface area contributed by atoms with Crippen LogP contribution in [0, 0.1) is 10.1 Å². The van der Waals surface area contributed by atoms with Crippen molar-refractivity contribution in [2.24, 2.45) is 0 Å². The van der Waals surface area contributed by atoms with Gasteiger partial charge in [0.05, 0.1) is 22.0 Å². The summed E-state index contributed by atoms with van der Waals surface area (Å²) in [5.41, 5.74) is 7.73. The summed E-state index contributed by atoms with van der Waals surface area (Å²) in [4.78, 5) is 10.2. The molecule has 0 radical (unpaired) electrons. The molecule has 1 aromatic heterocycles. The highest BCUT2D eigenvalue weighted by atomic mass is 35.5. The highest BCUT2D eigenvalue weighted by Gasteiger charge is 2.37. The van der Waals surface area contributed by atoms with E-state index in [1.807, 2.05) is 30.3 Å². The van der Waals surface area contributed by atoms with E-state index in [2.05, 4.69) is 16.1 Å². The van der Waals surface area contributed by atoms with Crippen molar-refractivity contribution in [2.75, 3.05) is 10.4 Å². The van der Waals surface area contributed by atoms with E-state index < -0.39 is 9.76 Å². The molecule has 26 heavy (non-hydrogen) atoms. The van der Waals surface area contributed by atoms with E-state index in [4.69, 9.17) is 23.2 Å². The van der Waals surface area contributed by atoms with Gasteiger partial charge in [-0.3, -0.25) is 10.1 Å². The molecule has 1 aliphatic heterocycles. The molecule has 2 heterocycles. The quantitative estimate of drug-likeness (QED) is 0.393. The summed E-state index contributed by atoms with van der Waals surface area (Å²) in [5.74, 6) is 0.0811. The van der Waals surface area contributed by atoms with Crippen molar-refractivity contribution in [1.82, 2.24) is 15.3 Å². The van der Waals surface area contributed by atoms with Gasteiger partial charge in [-0.1, -0.05) is 53.5 Å². The van der Waals surface area contributed by atoms with Gasteiger partial charge in [-0.2, -0.15) is 0 Å². The number of fused-ring (bicyclic) bond motifs is 1. The van der Waals surface area contributed by atoms with Crippen molar-refractivity contribution < 1.29 is 4.92 Å². The Hall–Kier alpha value is -2.81. The number of rotatable bonds is 4. The van der Waals surface area contributed by atoms with E-state index in [0.29, 0.717) is 11.4 Å². The maximum atomic E-state index is 11.8. The summed E-state index contributed by atoms with van der Waals surface area (Å²) in [6, 6.07) is 16.3.